The van der Waals surface area contributed by atoms with Crippen molar-refractivity contribution >= 4 is 28.4 Å². The summed E-state index contributed by atoms with van der Waals surface area (Å²) in [6, 6.07) is 7.72. The van der Waals surface area contributed by atoms with Crippen LogP contribution in [0.4, 0.5) is 5.82 Å². The Hall–Kier alpha value is -1.37. The van der Waals surface area contributed by atoms with Crippen molar-refractivity contribution in [3.8, 4) is 17.1 Å². The van der Waals surface area contributed by atoms with E-state index in [4.69, 9.17) is 10.5 Å². The summed E-state index contributed by atoms with van der Waals surface area (Å²) in [5.41, 5.74) is 8.06. The van der Waals surface area contributed by atoms with Gasteiger partial charge in [0.2, 0.25) is 0 Å². The predicted molar refractivity (Wildman–Crippen MR) is 83.1 cm³/mol. The van der Waals surface area contributed by atoms with Crippen LogP contribution in [0.25, 0.3) is 11.4 Å². The molecule has 2 N–H and O–H groups in total. The Morgan fingerprint density at radius 2 is 1.89 bits per heavy atom. The van der Waals surface area contributed by atoms with Gasteiger partial charge in [0.1, 0.15) is 11.6 Å². The molecule has 19 heavy (non-hydrogen) atoms. The maximum atomic E-state index is 6.00. The molecule has 3 rings (SSSR count). The Bertz CT molecular complexity index is 609. The molecule has 0 saturated heterocycles. The third-order valence-corrected chi connectivity index (χ3v) is 4.32. The van der Waals surface area contributed by atoms with E-state index >= 15 is 0 Å². The van der Waals surface area contributed by atoms with Crippen LogP contribution in [0, 0.1) is 3.57 Å². The molecule has 0 atom stereocenters. The molecule has 1 aromatic heterocycles. The topological polar surface area (TPSA) is 61.0 Å². The molecule has 1 aliphatic rings. The largest absolute Gasteiger partial charge is 0.497 e. The van der Waals surface area contributed by atoms with Crippen molar-refractivity contribution in [3.63, 3.8) is 0 Å². The average Bonchev–Trinajstić information content (AvgIpc) is 3.26. The number of nitrogen functional groups attached to an aromatic ring is 1. The molecular formula is C14H14IN3O. The van der Waals surface area contributed by atoms with Crippen molar-refractivity contribution in [2.45, 2.75) is 18.8 Å². The normalized spacial score (nSPS) is 14.4. The van der Waals surface area contributed by atoms with Gasteiger partial charge in [-0.1, -0.05) is 0 Å². The number of aromatic nitrogens is 2. The second kappa shape index (κ2) is 4.96. The first-order valence-corrected chi connectivity index (χ1v) is 7.24. The highest BCUT2D eigenvalue weighted by Gasteiger charge is 2.29. The number of rotatable bonds is 3. The molecule has 1 heterocycles. The Labute approximate surface area is 125 Å². The van der Waals surface area contributed by atoms with E-state index in [1.807, 2.05) is 24.3 Å². The fraction of sp³-hybridized carbons (Fsp3) is 0.286. The van der Waals surface area contributed by atoms with Crippen molar-refractivity contribution in [3.05, 3.63) is 33.5 Å². The molecule has 98 valence electrons. The number of ether oxygens (including phenoxy) is 1. The average molecular weight is 367 g/mol. The molecular weight excluding hydrogens is 353 g/mol. The molecule has 0 radical (unpaired) electrons. The summed E-state index contributed by atoms with van der Waals surface area (Å²) in [5, 5.41) is 0. The number of nitrogens with zero attached hydrogens (tertiary/aromatic N) is 2. The minimum absolute atomic E-state index is 0.564. The smallest absolute Gasteiger partial charge is 0.161 e. The van der Waals surface area contributed by atoms with Gasteiger partial charge < -0.3 is 10.5 Å². The van der Waals surface area contributed by atoms with E-state index in [2.05, 4.69) is 32.6 Å². The predicted octanol–water partition coefficient (Wildman–Crippen LogP) is 3.22. The minimum atomic E-state index is 0.564. The summed E-state index contributed by atoms with van der Waals surface area (Å²) >= 11 is 2.24. The zero-order valence-electron chi connectivity index (χ0n) is 10.6. The van der Waals surface area contributed by atoms with E-state index in [1.165, 1.54) is 12.8 Å². The Morgan fingerprint density at radius 1 is 1.21 bits per heavy atom. The molecule has 2 aromatic rings. The lowest BCUT2D eigenvalue weighted by atomic mass is 10.2. The van der Waals surface area contributed by atoms with Gasteiger partial charge in [-0.05, 0) is 59.7 Å². The Balaban J connectivity index is 2.03. The van der Waals surface area contributed by atoms with E-state index in [-0.39, 0.29) is 0 Å². The molecule has 0 aliphatic heterocycles. The standard InChI is InChI=1S/C14H14IN3O/c1-19-10-6-4-9(5-7-10)14-17-12(8-2-3-8)11(15)13(16)18-14/h4-8H,2-3H2,1H3,(H2,16,17,18). The van der Waals surface area contributed by atoms with Gasteiger partial charge in [-0.15, -0.1) is 0 Å². The molecule has 4 nitrogen and oxygen atoms in total. The summed E-state index contributed by atoms with van der Waals surface area (Å²) < 4.78 is 6.15. The van der Waals surface area contributed by atoms with Gasteiger partial charge in [-0.2, -0.15) is 0 Å². The van der Waals surface area contributed by atoms with Crippen molar-refractivity contribution in [2.24, 2.45) is 0 Å². The first-order valence-electron chi connectivity index (χ1n) is 6.16. The summed E-state index contributed by atoms with van der Waals surface area (Å²) in [5.74, 6) is 2.66. The Morgan fingerprint density at radius 3 is 2.47 bits per heavy atom. The molecule has 0 amide bonds. The number of hydrogen-bond acceptors (Lipinski definition) is 4. The lowest BCUT2D eigenvalue weighted by Gasteiger charge is -2.08. The lowest BCUT2D eigenvalue weighted by molar-refractivity contribution is 0.415. The zero-order valence-corrected chi connectivity index (χ0v) is 12.7. The van der Waals surface area contributed by atoms with E-state index in [9.17, 15) is 0 Å². The van der Waals surface area contributed by atoms with Crippen molar-refractivity contribution in [1.82, 2.24) is 9.97 Å². The lowest BCUT2D eigenvalue weighted by Crippen LogP contribution is -2.04. The number of hydrogen-bond donors (Lipinski definition) is 1. The first-order chi connectivity index (χ1) is 9.19. The summed E-state index contributed by atoms with van der Waals surface area (Å²) in [6.07, 6.45) is 2.41. The van der Waals surface area contributed by atoms with Crippen LogP contribution in [-0.4, -0.2) is 17.1 Å². The summed E-state index contributed by atoms with van der Waals surface area (Å²) in [7, 11) is 1.65. The molecule has 0 unspecified atom stereocenters. The second-order valence-corrected chi connectivity index (χ2v) is 5.71. The second-order valence-electron chi connectivity index (χ2n) is 4.63. The Kier molecular flexibility index (Phi) is 3.30. The molecule has 0 spiro atoms. The van der Waals surface area contributed by atoms with Crippen LogP contribution in [-0.2, 0) is 0 Å². The van der Waals surface area contributed by atoms with Crippen LogP contribution in [0.1, 0.15) is 24.5 Å². The number of benzene rings is 1. The van der Waals surface area contributed by atoms with Gasteiger partial charge in [-0.25, -0.2) is 9.97 Å². The molecule has 1 fully saturated rings. The van der Waals surface area contributed by atoms with Gasteiger partial charge >= 0.3 is 0 Å². The van der Waals surface area contributed by atoms with Crippen molar-refractivity contribution in [2.75, 3.05) is 12.8 Å². The van der Waals surface area contributed by atoms with Gasteiger partial charge in [0.25, 0.3) is 0 Å². The van der Waals surface area contributed by atoms with Crippen LogP contribution >= 0.6 is 22.6 Å². The number of halogens is 1. The highest BCUT2D eigenvalue weighted by molar-refractivity contribution is 14.1. The van der Waals surface area contributed by atoms with Crippen LogP contribution in [0.5, 0.6) is 5.75 Å². The van der Waals surface area contributed by atoms with Gasteiger partial charge in [0, 0.05) is 11.5 Å². The number of nitrogens with two attached hydrogens (primary N) is 1. The zero-order chi connectivity index (χ0) is 13.4. The van der Waals surface area contributed by atoms with E-state index in [0.717, 1.165) is 20.6 Å². The third-order valence-electron chi connectivity index (χ3n) is 3.21. The molecule has 5 heteroatoms. The van der Waals surface area contributed by atoms with Gasteiger partial charge in [0.05, 0.1) is 16.4 Å². The SMILES string of the molecule is COc1ccc(-c2nc(N)c(I)c(C3CC3)n2)cc1. The highest BCUT2D eigenvalue weighted by atomic mass is 127. The molecule has 1 aromatic carbocycles. The van der Waals surface area contributed by atoms with Gasteiger partial charge in [0.15, 0.2) is 5.82 Å². The van der Waals surface area contributed by atoms with Crippen LogP contribution < -0.4 is 10.5 Å². The first kappa shape index (κ1) is 12.7. The van der Waals surface area contributed by atoms with Crippen LogP contribution in [0.2, 0.25) is 0 Å². The molecule has 0 bridgehead atoms. The van der Waals surface area contributed by atoms with Crippen LogP contribution in [0.3, 0.4) is 0 Å². The van der Waals surface area contributed by atoms with E-state index in [0.29, 0.717) is 17.6 Å². The molecule has 1 aliphatic carbocycles. The van der Waals surface area contributed by atoms with Gasteiger partial charge in [-0.3, -0.25) is 0 Å². The van der Waals surface area contributed by atoms with Crippen molar-refractivity contribution in [1.29, 1.82) is 0 Å². The summed E-state index contributed by atoms with van der Waals surface area (Å²) in [6.45, 7) is 0. The maximum Gasteiger partial charge on any atom is 0.161 e. The van der Waals surface area contributed by atoms with E-state index in [1.54, 1.807) is 7.11 Å². The minimum Gasteiger partial charge on any atom is -0.497 e. The third kappa shape index (κ3) is 2.51. The fourth-order valence-corrected chi connectivity index (χ4v) is 2.66. The summed E-state index contributed by atoms with van der Waals surface area (Å²) in [4.78, 5) is 9.07. The number of methoxy groups -OCH3 is 1. The van der Waals surface area contributed by atoms with Crippen LogP contribution in [0.15, 0.2) is 24.3 Å². The fourth-order valence-electron chi connectivity index (χ4n) is 1.98. The molecule has 1 saturated carbocycles. The quantitative estimate of drug-likeness (QED) is 0.847. The number of anilines is 1. The monoisotopic (exact) mass is 367 g/mol. The van der Waals surface area contributed by atoms with Crippen molar-refractivity contribution < 1.29 is 4.74 Å². The maximum absolute atomic E-state index is 6.00. The highest BCUT2D eigenvalue weighted by Crippen LogP contribution is 2.42. The van der Waals surface area contributed by atoms with E-state index < -0.39 is 0 Å².